The van der Waals surface area contributed by atoms with Gasteiger partial charge in [0.05, 0.1) is 18.7 Å². The second-order valence-corrected chi connectivity index (χ2v) is 6.76. The number of hydrogen-bond donors (Lipinski definition) is 1. The van der Waals surface area contributed by atoms with Gasteiger partial charge in [-0.25, -0.2) is 0 Å². The number of halogens is 1. The zero-order chi connectivity index (χ0) is 19.4. The molecule has 0 saturated heterocycles. The highest BCUT2D eigenvalue weighted by Crippen LogP contribution is 2.30. The number of hydrogen-bond acceptors (Lipinski definition) is 5. The average molecular weight is 390 g/mol. The lowest BCUT2D eigenvalue weighted by Gasteiger charge is -2.24. The van der Waals surface area contributed by atoms with Gasteiger partial charge < -0.3 is 19.5 Å². The fraction of sp³-hybridized carbons (Fsp3) is 0.300. The van der Waals surface area contributed by atoms with Gasteiger partial charge in [-0.15, -0.1) is 0 Å². The molecule has 0 saturated carbocycles. The third kappa shape index (κ3) is 4.71. The van der Waals surface area contributed by atoms with E-state index in [1.807, 2.05) is 13.0 Å². The summed E-state index contributed by atoms with van der Waals surface area (Å²) in [6.45, 7) is 1.73. The maximum atomic E-state index is 12.3. The first kappa shape index (κ1) is 19.0. The zero-order valence-electron chi connectivity index (χ0n) is 15.1. The van der Waals surface area contributed by atoms with Gasteiger partial charge in [-0.05, 0) is 54.8 Å². The molecule has 0 radical (unpaired) electrons. The number of aryl methyl sites for hydroxylation is 1. The van der Waals surface area contributed by atoms with Gasteiger partial charge in [0.2, 0.25) is 0 Å². The van der Waals surface area contributed by atoms with E-state index in [-0.39, 0.29) is 13.2 Å². The number of ether oxygens (including phenoxy) is 3. The lowest BCUT2D eigenvalue weighted by molar-refractivity contribution is -0.152. The standard InChI is InChI=1S/C20H20ClNO5/c1-12-3-5-18(25-2)16(7-12)22-19(23)11-27-20(24)14-8-13-9-15(21)4-6-17(13)26-10-14/h3-7,9,14H,8,10-11H2,1-2H3,(H,22,23)/t14-/m1/s1. The van der Waals surface area contributed by atoms with Gasteiger partial charge in [0.1, 0.15) is 18.1 Å². The topological polar surface area (TPSA) is 73.9 Å². The molecule has 1 aliphatic heterocycles. The van der Waals surface area contributed by atoms with E-state index >= 15 is 0 Å². The number of fused-ring (bicyclic) bond motifs is 1. The molecule has 0 unspecified atom stereocenters. The van der Waals surface area contributed by atoms with Crippen molar-refractivity contribution in [2.75, 3.05) is 25.6 Å². The zero-order valence-corrected chi connectivity index (χ0v) is 15.8. The van der Waals surface area contributed by atoms with Gasteiger partial charge in [-0.3, -0.25) is 9.59 Å². The van der Waals surface area contributed by atoms with Crippen LogP contribution in [0.4, 0.5) is 5.69 Å². The summed E-state index contributed by atoms with van der Waals surface area (Å²) < 4.78 is 16.0. The molecule has 7 heteroatoms. The maximum Gasteiger partial charge on any atom is 0.313 e. The number of carbonyl (C=O) groups excluding carboxylic acids is 2. The molecule has 1 amide bonds. The van der Waals surface area contributed by atoms with Gasteiger partial charge in [-0.1, -0.05) is 17.7 Å². The summed E-state index contributed by atoms with van der Waals surface area (Å²) in [5.41, 5.74) is 2.35. The number of rotatable bonds is 5. The maximum absolute atomic E-state index is 12.3. The van der Waals surface area contributed by atoms with Gasteiger partial charge in [0.15, 0.2) is 6.61 Å². The summed E-state index contributed by atoms with van der Waals surface area (Å²) >= 11 is 5.98. The molecule has 0 fully saturated rings. The Morgan fingerprint density at radius 3 is 2.85 bits per heavy atom. The molecule has 27 heavy (non-hydrogen) atoms. The number of methoxy groups -OCH3 is 1. The molecule has 3 rings (SSSR count). The predicted octanol–water partition coefficient (Wildman–Crippen LogP) is 3.39. The van der Waals surface area contributed by atoms with E-state index in [1.165, 1.54) is 7.11 Å². The molecule has 0 aliphatic carbocycles. The van der Waals surface area contributed by atoms with Crippen molar-refractivity contribution in [1.29, 1.82) is 0 Å². The Kier molecular flexibility index (Phi) is 5.86. The molecule has 2 aromatic carbocycles. The molecule has 1 atom stereocenters. The van der Waals surface area contributed by atoms with Crippen LogP contribution < -0.4 is 14.8 Å². The van der Waals surface area contributed by atoms with Crippen LogP contribution in [0.3, 0.4) is 0 Å². The van der Waals surface area contributed by atoms with E-state index in [0.29, 0.717) is 28.6 Å². The lowest BCUT2D eigenvalue weighted by atomic mass is 9.97. The third-order valence-electron chi connectivity index (χ3n) is 4.24. The highest BCUT2D eigenvalue weighted by atomic mass is 35.5. The molecule has 6 nitrogen and oxygen atoms in total. The van der Waals surface area contributed by atoms with Gasteiger partial charge in [-0.2, -0.15) is 0 Å². The molecule has 2 aromatic rings. The molecule has 0 spiro atoms. The van der Waals surface area contributed by atoms with Crippen LogP contribution in [0.5, 0.6) is 11.5 Å². The van der Waals surface area contributed by atoms with E-state index in [4.69, 9.17) is 25.8 Å². The summed E-state index contributed by atoms with van der Waals surface area (Å²) in [4.78, 5) is 24.4. The van der Waals surface area contributed by atoms with Crippen molar-refractivity contribution >= 4 is 29.2 Å². The molecule has 1 aliphatic rings. The van der Waals surface area contributed by atoms with Crippen molar-refractivity contribution in [1.82, 2.24) is 0 Å². The summed E-state index contributed by atoms with van der Waals surface area (Å²) in [5, 5.41) is 3.28. The fourth-order valence-corrected chi connectivity index (χ4v) is 3.07. The van der Waals surface area contributed by atoms with Crippen molar-refractivity contribution in [3.63, 3.8) is 0 Å². The van der Waals surface area contributed by atoms with Crippen LogP contribution >= 0.6 is 11.6 Å². The van der Waals surface area contributed by atoms with E-state index in [9.17, 15) is 9.59 Å². The first-order chi connectivity index (χ1) is 13.0. The summed E-state index contributed by atoms with van der Waals surface area (Å²) in [6, 6.07) is 10.7. The molecule has 142 valence electrons. The monoisotopic (exact) mass is 389 g/mol. The second kappa shape index (κ2) is 8.31. The number of anilines is 1. The Morgan fingerprint density at radius 2 is 2.07 bits per heavy atom. The predicted molar refractivity (Wildman–Crippen MR) is 101 cm³/mol. The molecule has 1 heterocycles. The van der Waals surface area contributed by atoms with Crippen molar-refractivity contribution in [2.24, 2.45) is 5.92 Å². The van der Waals surface area contributed by atoms with Crippen LogP contribution in [0.2, 0.25) is 5.02 Å². The van der Waals surface area contributed by atoms with E-state index in [0.717, 1.165) is 11.1 Å². The largest absolute Gasteiger partial charge is 0.495 e. The number of amides is 1. The summed E-state index contributed by atoms with van der Waals surface area (Å²) in [5.74, 6) is -0.140. The SMILES string of the molecule is COc1ccc(C)cc1NC(=O)COC(=O)[C@H]1COc2ccc(Cl)cc2C1. The van der Waals surface area contributed by atoms with Crippen LogP contribution in [-0.2, 0) is 20.7 Å². The second-order valence-electron chi connectivity index (χ2n) is 6.32. The summed E-state index contributed by atoms with van der Waals surface area (Å²) in [6.07, 6.45) is 0.460. The van der Waals surface area contributed by atoms with Crippen LogP contribution in [0.25, 0.3) is 0 Å². The Hall–Kier alpha value is -2.73. The highest BCUT2D eigenvalue weighted by Gasteiger charge is 2.28. The quantitative estimate of drug-likeness (QED) is 0.793. The van der Waals surface area contributed by atoms with E-state index in [2.05, 4.69) is 5.32 Å². The first-order valence-corrected chi connectivity index (χ1v) is 8.86. The smallest absolute Gasteiger partial charge is 0.313 e. The van der Waals surface area contributed by atoms with E-state index < -0.39 is 17.8 Å². The summed E-state index contributed by atoms with van der Waals surface area (Å²) in [7, 11) is 1.52. The number of benzene rings is 2. The van der Waals surface area contributed by atoms with Crippen molar-refractivity contribution in [3.8, 4) is 11.5 Å². The average Bonchev–Trinajstić information content (AvgIpc) is 2.65. The minimum Gasteiger partial charge on any atom is -0.495 e. The van der Waals surface area contributed by atoms with Gasteiger partial charge in [0.25, 0.3) is 5.91 Å². The Balaban J connectivity index is 1.55. The lowest BCUT2D eigenvalue weighted by Crippen LogP contribution is -2.32. The van der Waals surface area contributed by atoms with Crippen LogP contribution in [0.15, 0.2) is 36.4 Å². The molecule has 0 aromatic heterocycles. The number of nitrogens with one attached hydrogen (secondary N) is 1. The minimum absolute atomic E-state index is 0.209. The van der Waals surface area contributed by atoms with Crippen molar-refractivity contribution in [3.05, 3.63) is 52.5 Å². The third-order valence-corrected chi connectivity index (χ3v) is 4.47. The Labute approximate surface area is 162 Å². The minimum atomic E-state index is -0.480. The first-order valence-electron chi connectivity index (χ1n) is 8.48. The highest BCUT2D eigenvalue weighted by molar-refractivity contribution is 6.30. The van der Waals surface area contributed by atoms with E-state index in [1.54, 1.807) is 30.3 Å². The van der Waals surface area contributed by atoms with Gasteiger partial charge >= 0.3 is 5.97 Å². The molecule has 1 N–H and O–H groups in total. The van der Waals surface area contributed by atoms with Crippen LogP contribution in [0.1, 0.15) is 11.1 Å². The molecule has 0 bridgehead atoms. The molecular weight excluding hydrogens is 370 g/mol. The van der Waals surface area contributed by atoms with Gasteiger partial charge in [0, 0.05) is 5.02 Å². The van der Waals surface area contributed by atoms with Crippen molar-refractivity contribution < 1.29 is 23.8 Å². The van der Waals surface area contributed by atoms with Crippen LogP contribution in [-0.4, -0.2) is 32.2 Å². The van der Waals surface area contributed by atoms with Crippen LogP contribution in [0, 0.1) is 12.8 Å². The Bertz CT molecular complexity index is 867. The number of carbonyl (C=O) groups is 2. The normalized spacial score (nSPS) is 15.3. The van der Waals surface area contributed by atoms with Crippen molar-refractivity contribution in [2.45, 2.75) is 13.3 Å². The fourth-order valence-electron chi connectivity index (χ4n) is 2.87. The number of esters is 1. The Morgan fingerprint density at radius 1 is 1.26 bits per heavy atom. The molecular formula is C20H20ClNO5.